The molecular weight excluding hydrogens is 232 g/mol. The third kappa shape index (κ3) is 2.76. The number of aliphatic hydroxyl groups is 2. The monoisotopic (exact) mass is 252 g/mol. The summed E-state index contributed by atoms with van der Waals surface area (Å²) in [5.74, 6) is 1.48. The number of benzene rings is 1. The molecular formula is C14H20O4. The van der Waals surface area contributed by atoms with Gasteiger partial charge in [0, 0.05) is 12.5 Å². The molecule has 1 aromatic rings. The minimum Gasteiger partial charge on any atom is -0.454 e. The topological polar surface area (TPSA) is 58.9 Å². The number of hydrogen-bond donors (Lipinski definition) is 2. The molecule has 0 aromatic heterocycles. The summed E-state index contributed by atoms with van der Waals surface area (Å²) in [6.07, 6.45) is 0.132. The van der Waals surface area contributed by atoms with Crippen LogP contribution in [0.5, 0.6) is 11.5 Å². The molecule has 0 amide bonds. The maximum absolute atomic E-state index is 10.0. The molecule has 2 N–H and O–H groups in total. The van der Waals surface area contributed by atoms with Gasteiger partial charge in [0.1, 0.15) is 0 Å². The summed E-state index contributed by atoms with van der Waals surface area (Å²) in [5, 5.41) is 19.4. The van der Waals surface area contributed by atoms with Gasteiger partial charge in [-0.2, -0.15) is 0 Å². The Hall–Kier alpha value is -1.26. The van der Waals surface area contributed by atoms with Gasteiger partial charge in [0.15, 0.2) is 11.5 Å². The van der Waals surface area contributed by atoms with Crippen LogP contribution in [-0.4, -0.2) is 29.7 Å². The molecule has 1 aliphatic rings. The van der Waals surface area contributed by atoms with Gasteiger partial charge >= 0.3 is 0 Å². The van der Waals surface area contributed by atoms with Gasteiger partial charge in [-0.25, -0.2) is 0 Å². The highest BCUT2D eigenvalue weighted by Crippen LogP contribution is 2.33. The van der Waals surface area contributed by atoms with E-state index in [1.54, 1.807) is 0 Å². The highest BCUT2D eigenvalue weighted by atomic mass is 16.7. The van der Waals surface area contributed by atoms with Crippen LogP contribution < -0.4 is 9.47 Å². The van der Waals surface area contributed by atoms with E-state index in [0.717, 1.165) is 17.1 Å². The van der Waals surface area contributed by atoms with Crippen LogP contribution in [0.25, 0.3) is 0 Å². The second kappa shape index (κ2) is 5.59. The van der Waals surface area contributed by atoms with Crippen LogP contribution in [0.15, 0.2) is 18.2 Å². The van der Waals surface area contributed by atoms with E-state index >= 15 is 0 Å². The third-order valence-corrected chi connectivity index (χ3v) is 3.34. The van der Waals surface area contributed by atoms with Crippen molar-refractivity contribution in [3.05, 3.63) is 23.8 Å². The maximum atomic E-state index is 10.0. The molecule has 4 heteroatoms. The van der Waals surface area contributed by atoms with Crippen molar-refractivity contribution >= 4 is 0 Å². The van der Waals surface area contributed by atoms with Crippen molar-refractivity contribution in [1.82, 2.24) is 0 Å². The van der Waals surface area contributed by atoms with E-state index in [-0.39, 0.29) is 25.2 Å². The molecule has 0 bridgehead atoms. The van der Waals surface area contributed by atoms with Crippen LogP contribution in [0.3, 0.4) is 0 Å². The molecule has 18 heavy (non-hydrogen) atoms. The Labute approximate surface area is 107 Å². The Bertz CT molecular complexity index is 403. The van der Waals surface area contributed by atoms with Crippen LogP contribution in [0.2, 0.25) is 0 Å². The summed E-state index contributed by atoms with van der Waals surface area (Å²) < 4.78 is 10.6. The molecule has 0 unspecified atom stereocenters. The van der Waals surface area contributed by atoms with Gasteiger partial charge in [0.25, 0.3) is 0 Å². The number of hydrogen-bond acceptors (Lipinski definition) is 4. The number of rotatable bonds is 5. The average molecular weight is 252 g/mol. The quantitative estimate of drug-likeness (QED) is 0.835. The van der Waals surface area contributed by atoms with Crippen LogP contribution in [-0.2, 0) is 6.42 Å². The van der Waals surface area contributed by atoms with E-state index in [0.29, 0.717) is 6.42 Å². The standard InChI is InChI=1S/C14H20O4/c1-9(2)14(16)11(7-15)5-10-3-4-12-13(6-10)18-8-17-12/h3-4,6,9,11,14-16H,5,7-8H2,1-2H3/t11-,14+/m0/s1. The highest BCUT2D eigenvalue weighted by molar-refractivity contribution is 5.44. The van der Waals surface area contributed by atoms with Crippen LogP contribution in [0.1, 0.15) is 19.4 Å². The molecule has 1 aromatic carbocycles. The normalized spacial score (nSPS) is 16.9. The summed E-state index contributed by atoms with van der Waals surface area (Å²) in [4.78, 5) is 0. The van der Waals surface area contributed by atoms with Crippen molar-refractivity contribution in [3.63, 3.8) is 0 Å². The molecule has 0 fully saturated rings. The van der Waals surface area contributed by atoms with E-state index in [1.807, 2.05) is 32.0 Å². The summed E-state index contributed by atoms with van der Waals surface area (Å²) in [7, 11) is 0. The lowest BCUT2D eigenvalue weighted by Gasteiger charge is -2.24. The Morgan fingerprint density at radius 1 is 1.22 bits per heavy atom. The summed E-state index contributed by atoms with van der Waals surface area (Å²) in [6.45, 7) is 4.14. The molecule has 4 nitrogen and oxygen atoms in total. The Kier molecular flexibility index (Phi) is 4.09. The Balaban J connectivity index is 2.08. The van der Waals surface area contributed by atoms with Crippen molar-refractivity contribution in [2.24, 2.45) is 11.8 Å². The molecule has 1 heterocycles. The lowest BCUT2D eigenvalue weighted by atomic mass is 9.88. The van der Waals surface area contributed by atoms with Crippen molar-refractivity contribution in [2.45, 2.75) is 26.4 Å². The lowest BCUT2D eigenvalue weighted by Crippen LogP contribution is -2.30. The minimum atomic E-state index is -0.500. The first-order chi connectivity index (χ1) is 8.61. The molecule has 0 saturated carbocycles. The fourth-order valence-corrected chi connectivity index (χ4v) is 2.21. The predicted molar refractivity (Wildman–Crippen MR) is 67.7 cm³/mol. The number of aliphatic hydroxyl groups excluding tert-OH is 2. The summed E-state index contributed by atoms with van der Waals surface area (Å²) in [5.41, 5.74) is 1.04. The molecule has 2 atom stereocenters. The maximum Gasteiger partial charge on any atom is 0.231 e. The summed E-state index contributed by atoms with van der Waals surface area (Å²) in [6, 6.07) is 5.73. The molecule has 100 valence electrons. The smallest absolute Gasteiger partial charge is 0.231 e. The Morgan fingerprint density at radius 2 is 1.94 bits per heavy atom. The average Bonchev–Trinajstić information content (AvgIpc) is 2.82. The largest absolute Gasteiger partial charge is 0.454 e. The van der Waals surface area contributed by atoms with E-state index in [4.69, 9.17) is 9.47 Å². The van der Waals surface area contributed by atoms with E-state index < -0.39 is 6.10 Å². The molecule has 0 spiro atoms. The Morgan fingerprint density at radius 3 is 2.61 bits per heavy atom. The zero-order valence-electron chi connectivity index (χ0n) is 10.8. The van der Waals surface area contributed by atoms with Crippen molar-refractivity contribution in [2.75, 3.05) is 13.4 Å². The number of fused-ring (bicyclic) bond motifs is 1. The van der Waals surface area contributed by atoms with Gasteiger partial charge in [-0.3, -0.25) is 0 Å². The van der Waals surface area contributed by atoms with E-state index in [2.05, 4.69) is 0 Å². The van der Waals surface area contributed by atoms with Gasteiger partial charge in [-0.05, 0) is 30.0 Å². The van der Waals surface area contributed by atoms with Gasteiger partial charge in [-0.1, -0.05) is 19.9 Å². The van der Waals surface area contributed by atoms with E-state index in [9.17, 15) is 10.2 Å². The molecule has 0 aliphatic carbocycles. The van der Waals surface area contributed by atoms with E-state index in [1.165, 1.54) is 0 Å². The van der Waals surface area contributed by atoms with Crippen LogP contribution in [0.4, 0.5) is 0 Å². The van der Waals surface area contributed by atoms with Crippen molar-refractivity contribution in [1.29, 1.82) is 0 Å². The number of ether oxygens (including phenoxy) is 2. The van der Waals surface area contributed by atoms with Gasteiger partial charge in [0.05, 0.1) is 6.10 Å². The zero-order chi connectivity index (χ0) is 13.1. The van der Waals surface area contributed by atoms with Crippen molar-refractivity contribution in [3.8, 4) is 11.5 Å². The second-order valence-electron chi connectivity index (χ2n) is 5.07. The first-order valence-electron chi connectivity index (χ1n) is 6.29. The van der Waals surface area contributed by atoms with Gasteiger partial charge in [0.2, 0.25) is 6.79 Å². The molecule has 0 radical (unpaired) electrons. The van der Waals surface area contributed by atoms with Crippen LogP contribution in [0, 0.1) is 11.8 Å². The first-order valence-corrected chi connectivity index (χ1v) is 6.29. The highest BCUT2D eigenvalue weighted by Gasteiger charge is 2.23. The molecule has 1 aliphatic heterocycles. The van der Waals surface area contributed by atoms with Crippen LogP contribution >= 0.6 is 0 Å². The lowest BCUT2D eigenvalue weighted by molar-refractivity contribution is 0.0340. The zero-order valence-corrected chi connectivity index (χ0v) is 10.8. The van der Waals surface area contributed by atoms with Gasteiger partial charge < -0.3 is 19.7 Å². The third-order valence-electron chi connectivity index (χ3n) is 3.34. The van der Waals surface area contributed by atoms with Gasteiger partial charge in [-0.15, -0.1) is 0 Å². The summed E-state index contributed by atoms with van der Waals surface area (Å²) >= 11 is 0. The fourth-order valence-electron chi connectivity index (χ4n) is 2.21. The molecule has 0 saturated heterocycles. The fraction of sp³-hybridized carbons (Fsp3) is 0.571. The van der Waals surface area contributed by atoms with Crippen molar-refractivity contribution < 1.29 is 19.7 Å². The minimum absolute atomic E-state index is 0.0201. The molecule has 2 rings (SSSR count). The SMILES string of the molecule is CC(C)[C@@H](O)[C@H](CO)Cc1ccc2c(c1)OCO2. The predicted octanol–water partition coefficient (Wildman–Crippen LogP) is 1.58. The first kappa shape index (κ1) is 13.2. The second-order valence-corrected chi connectivity index (χ2v) is 5.07.